The molecular weight excluding hydrogens is 280 g/mol. The van der Waals surface area contributed by atoms with Crippen LogP contribution >= 0.6 is 15.9 Å². The lowest BCUT2D eigenvalue weighted by Gasteiger charge is -2.13. The molecule has 2 N–H and O–H groups in total. The molecule has 0 aliphatic rings. The summed E-state index contributed by atoms with van der Waals surface area (Å²) >= 11 is 3.44. The van der Waals surface area contributed by atoms with Crippen molar-refractivity contribution in [3.05, 3.63) is 58.8 Å². The SMILES string of the molecule is OC(CNc1ccccc1Br)c1ccccn1. The molecule has 2 rings (SSSR count). The molecule has 0 bridgehead atoms. The molecule has 17 heavy (non-hydrogen) atoms. The molecule has 4 heteroatoms. The van der Waals surface area contributed by atoms with Crippen molar-refractivity contribution in [2.45, 2.75) is 6.10 Å². The number of pyridine rings is 1. The van der Waals surface area contributed by atoms with Crippen molar-refractivity contribution < 1.29 is 5.11 Å². The van der Waals surface area contributed by atoms with Crippen LogP contribution in [0, 0.1) is 0 Å². The molecule has 3 nitrogen and oxygen atoms in total. The molecule has 0 radical (unpaired) electrons. The van der Waals surface area contributed by atoms with Gasteiger partial charge >= 0.3 is 0 Å². The molecule has 1 atom stereocenters. The van der Waals surface area contributed by atoms with Gasteiger partial charge in [-0.05, 0) is 40.2 Å². The van der Waals surface area contributed by atoms with Crippen LogP contribution < -0.4 is 5.32 Å². The van der Waals surface area contributed by atoms with Crippen LogP contribution in [0.1, 0.15) is 11.8 Å². The van der Waals surface area contributed by atoms with Crippen molar-refractivity contribution in [2.24, 2.45) is 0 Å². The van der Waals surface area contributed by atoms with E-state index in [4.69, 9.17) is 0 Å². The first-order valence-electron chi connectivity index (χ1n) is 5.35. The molecule has 0 aliphatic heterocycles. The maximum atomic E-state index is 9.93. The smallest absolute Gasteiger partial charge is 0.113 e. The zero-order chi connectivity index (χ0) is 12.1. The second-order valence-corrected chi connectivity index (χ2v) is 4.49. The summed E-state index contributed by atoms with van der Waals surface area (Å²) in [6.45, 7) is 0.430. The molecule has 1 aromatic carbocycles. The van der Waals surface area contributed by atoms with Gasteiger partial charge in [0.15, 0.2) is 0 Å². The van der Waals surface area contributed by atoms with Crippen LogP contribution in [0.25, 0.3) is 0 Å². The predicted octanol–water partition coefficient (Wildman–Crippen LogP) is 2.99. The number of benzene rings is 1. The average Bonchev–Trinajstić information content (AvgIpc) is 2.38. The first-order valence-corrected chi connectivity index (χ1v) is 6.14. The summed E-state index contributed by atoms with van der Waals surface area (Å²) in [7, 11) is 0. The summed E-state index contributed by atoms with van der Waals surface area (Å²) < 4.78 is 0.980. The standard InChI is InChI=1S/C13H13BrN2O/c14-10-5-1-2-6-11(10)16-9-13(17)12-7-3-4-8-15-12/h1-8,13,16-17H,9H2. The van der Waals surface area contributed by atoms with Crippen molar-refractivity contribution in [1.29, 1.82) is 0 Å². The quantitative estimate of drug-likeness (QED) is 0.911. The van der Waals surface area contributed by atoms with E-state index < -0.39 is 6.10 Å². The summed E-state index contributed by atoms with van der Waals surface area (Å²) in [4.78, 5) is 4.11. The predicted molar refractivity (Wildman–Crippen MR) is 71.8 cm³/mol. The fourth-order valence-electron chi connectivity index (χ4n) is 1.49. The number of aliphatic hydroxyl groups is 1. The fraction of sp³-hybridized carbons (Fsp3) is 0.154. The van der Waals surface area contributed by atoms with E-state index in [2.05, 4.69) is 26.2 Å². The zero-order valence-electron chi connectivity index (χ0n) is 9.18. The Hall–Kier alpha value is -1.39. The lowest BCUT2D eigenvalue weighted by Crippen LogP contribution is -2.13. The van der Waals surface area contributed by atoms with Gasteiger partial charge in [0.2, 0.25) is 0 Å². The maximum absolute atomic E-state index is 9.93. The Morgan fingerprint density at radius 3 is 2.65 bits per heavy atom. The molecule has 1 heterocycles. The molecule has 0 fully saturated rings. The summed E-state index contributed by atoms with van der Waals surface area (Å²) in [6, 6.07) is 13.3. The number of nitrogens with one attached hydrogen (secondary N) is 1. The summed E-state index contributed by atoms with van der Waals surface area (Å²) in [5.74, 6) is 0. The summed E-state index contributed by atoms with van der Waals surface area (Å²) in [5.41, 5.74) is 1.63. The van der Waals surface area contributed by atoms with Crippen LogP contribution in [0.5, 0.6) is 0 Å². The van der Waals surface area contributed by atoms with E-state index in [1.54, 1.807) is 6.20 Å². The van der Waals surface area contributed by atoms with Crippen LogP contribution in [-0.2, 0) is 0 Å². The molecular formula is C13H13BrN2O. The van der Waals surface area contributed by atoms with Gasteiger partial charge in [0.25, 0.3) is 0 Å². The molecule has 1 unspecified atom stereocenters. The highest BCUT2D eigenvalue weighted by atomic mass is 79.9. The monoisotopic (exact) mass is 292 g/mol. The van der Waals surface area contributed by atoms with Crippen molar-refractivity contribution in [2.75, 3.05) is 11.9 Å². The average molecular weight is 293 g/mol. The number of anilines is 1. The van der Waals surface area contributed by atoms with E-state index in [0.29, 0.717) is 12.2 Å². The van der Waals surface area contributed by atoms with Crippen molar-refractivity contribution in [3.8, 4) is 0 Å². The van der Waals surface area contributed by atoms with Gasteiger partial charge in [0, 0.05) is 22.9 Å². The van der Waals surface area contributed by atoms with E-state index in [9.17, 15) is 5.11 Å². The highest BCUT2D eigenvalue weighted by molar-refractivity contribution is 9.10. The highest BCUT2D eigenvalue weighted by Crippen LogP contribution is 2.22. The number of nitrogens with zero attached hydrogens (tertiary/aromatic N) is 1. The Morgan fingerprint density at radius 1 is 1.18 bits per heavy atom. The normalized spacial score (nSPS) is 12.1. The van der Waals surface area contributed by atoms with Crippen LogP contribution in [0.3, 0.4) is 0 Å². The molecule has 0 amide bonds. The van der Waals surface area contributed by atoms with Gasteiger partial charge in [0.1, 0.15) is 6.10 Å². The zero-order valence-corrected chi connectivity index (χ0v) is 10.8. The van der Waals surface area contributed by atoms with Crippen LogP contribution in [0.15, 0.2) is 53.1 Å². The Morgan fingerprint density at radius 2 is 1.94 bits per heavy atom. The Labute approximate surface area is 109 Å². The molecule has 0 saturated heterocycles. The molecule has 1 aromatic heterocycles. The number of para-hydroxylation sites is 1. The Kier molecular flexibility index (Phi) is 4.12. The van der Waals surface area contributed by atoms with Gasteiger partial charge in [-0.15, -0.1) is 0 Å². The van der Waals surface area contributed by atoms with Gasteiger partial charge in [-0.25, -0.2) is 0 Å². The minimum absolute atomic E-state index is 0.430. The van der Waals surface area contributed by atoms with Crippen LogP contribution in [0.2, 0.25) is 0 Å². The third kappa shape index (κ3) is 3.28. The van der Waals surface area contributed by atoms with Crippen molar-refractivity contribution in [1.82, 2.24) is 4.98 Å². The third-order valence-electron chi connectivity index (χ3n) is 2.39. The number of hydrogen-bond acceptors (Lipinski definition) is 3. The first-order chi connectivity index (χ1) is 8.27. The van der Waals surface area contributed by atoms with Gasteiger partial charge < -0.3 is 10.4 Å². The minimum Gasteiger partial charge on any atom is -0.385 e. The van der Waals surface area contributed by atoms with E-state index in [0.717, 1.165) is 10.2 Å². The van der Waals surface area contributed by atoms with E-state index in [-0.39, 0.29) is 0 Å². The molecule has 88 valence electrons. The van der Waals surface area contributed by atoms with Crippen LogP contribution in [0.4, 0.5) is 5.69 Å². The van der Waals surface area contributed by atoms with E-state index >= 15 is 0 Å². The van der Waals surface area contributed by atoms with Gasteiger partial charge in [-0.1, -0.05) is 18.2 Å². The second-order valence-electron chi connectivity index (χ2n) is 3.63. The number of hydrogen-bond donors (Lipinski definition) is 2. The summed E-state index contributed by atoms with van der Waals surface area (Å²) in [5, 5.41) is 13.1. The molecule has 0 saturated carbocycles. The number of rotatable bonds is 4. The number of aliphatic hydroxyl groups excluding tert-OH is 1. The van der Waals surface area contributed by atoms with Crippen LogP contribution in [-0.4, -0.2) is 16.6 Å². The van der Waals surface area contributed by atoms with Gasteiger partial charge in [0.05, 0.1) is 5.69 Å². The lowest BCUT2D eigenvalue weighted by atomic mass is 10.2. The minimum atomic E-state index is -0.608. The van der Waals surface area contributed by atoms with Gasteiger partial charge in [-0.3, -0.25) is 4.98 Å². The lowest BCUT2D eigenvalue weighted by molar-refractivity contribution is 0.187. The Bertz CT molecular complexity index is 476. The number of aromatic nitrogens is 1. The highest BCUT2D eigenvalue weighted by Gasteiger charge is 2.08. The molecule has 0 aliphatic carbocycles. The Balaban J connectivity index is 1.97. The third-order valence-corrected chi connectivity index (χ3v) is 3.08. The van der Waals surface area contributed by atoms with E-state index in [1.807, 2.05) is 42.5 Å². The topological polar surface area (TPSA) is 45.1 Å². The fourth-order valence-corrected chi connectivity index (χ4v) is 1.91. The first kappa shape index (κ1) is 12.1. The van der Waals surface area contributed by atoms with Crippen molar-refractivity contribution in [3.63, 3.8) is 0 Å². The summed E-state index contributed by atoms with van der Waals surface area (Å²) in [6.07, 6.45) is 1.07. The maximum Gasteiger partial charge on any atom is 0.113 e. The largest absolute Gasteiger partial charge is 0.385 e. The van der Waals surface area contributed by atoms with Crippen molar-refractivity contribution >= 4 is 21.6 Å². The number of halogens is 1. The van der Waals surface area contributed by atoms with Gasteiger partial charge in [-0.2, -0.15) is 0 Å². The molecule has 0 spiro atoms. The second kappa shape index (κ2) is 5.80. The van der Waals surface area contributed by atoms with E-state index in [1.165, 1.54) is 0 Å². The molecule has 2 aromatic rings.